The lowest BCUT2D eigenvalue weighted by Gasteiger charge is -2.32. The van der Waals surface area contributed by atoms with Gasteiger partial charge in [0.05, 0.1) is 7.11 Å². The van der Waals surface area contributed by atoms with Crippen molar-refractivity contribution in [2.45, 2.75) is 0 Å². The average molecular weight is 434 g/mol. The van der Waals surface area contributed by atoms with Crippen LogP contribution in [-0.4, -0.2) is 61.0 Å². The maximum atomic E-state index is 12.9. The van der Waals surface area contributed by atoms with Gasteiger partial charge in [-0.3, -0.25) is 9.59 Å². The first-order valence-corrected chi connectivity index (χ1v) is 11.1. The number of aromatic nitrogens is 1. The van der Waals surface area contributed by atoms with E-state index in [-0.39, 0.29) is 11.5 Å². The molecule has 0 atom stereocenters. The zero-order valence-corrected chi connectivity index (χ0v) is 18.3. The fraction of sp³-hybridized carbons (Fsp3) is 0.250. The van der Waals surface area contributed by atoms with Gasteiger partial charge in [0.25, 0.3) is 11.5 Å². The van der Waals surface area contributed by atoms with Crippen molar-refractivity contribution < 1.29 is 9.53 Å². The Morgan fingerprint density at radius 1 is 1.03 bits per heavy atom. The topological polar surface area (TPSA) is 65.6 Å². The van der Waals surface area contributed by atoms with Crippen LogP contribution >= 0.6 is 11.3 Å². The number of hydrogen-bond acceptors (Lipinski definition) is 5. The first-order chi connectivity index (χ1) is 15.1. The molecule has 1 aliphatic rings. The summed E-state index contributed by atoms with van der Waals surface area (Å²) >= 11 is 1.43. The third-order valence-electron chi connectivity index (χ3n) is 5.99. The number of H-pyrrole nitrogens is 1. The predicted molar refractivity (Wildman–Crippen MR) is 125 cm³/mol. The molecule has 0 radical (unpaired) electrons. The third-order valence-corrected chi connectivity index (χ3v) is 6.90. The van der Waals surface area contributed by atoms with Crippen molar-refractivity contribution >= 4 is 38.2 Å². The first-order valence-electron chi connectivity index (χ1n) is 10.3. The molecule has 5 rings (SSSR count). The summed E-state index contributed by atoms with van der Waals surface area (Å²) in [5.41, 5.74) is 3.22. The standard InChI is InChI=1S/C24H23N3O3S/c1-26-10-12-27(13-11-26)24(29)16-5-3-15(4-6-16)20-19(30-2)8-7-18-21(20)17-9-14-31-22(17)23(28)25-18/h3-9,14H,10-13H2,1-2H3,(H,25,28). The Labute approximate surface area is 183 Å². The molecule has 4 aromatic rings. The van der Waals surface area contributed by atoms with Gasteiger partial charge in [-0.1, -0.05) is 12.1 Å². The number of nitrogens with one attached hydrogen (secondary N) is 1. The third kappa shape index (κ3) is 3.40. The summed E-state index contributed by atoms with van der Waals surface area (Å²) in [5.74, 6) is 0.791. The van der Waals surface area contributed by atoms with Crippen molar-refractivity contribution in [1.29, 1.82) is 0 Å². The van der Waals surface area contributed by atoms with Crippen LogP contribution in [0.4, 0.5) is 0 Å². The number of nitrogens with zero attached hydrogens (tertiary/aromatic N) is 2. The number of amides is 1. The minimum Gasteiger partial charge on any atom is -0.496 e. The van der Waals surface area contributed by atoms with E-state index in [2.05, 4.69) is 16.9 Å². The number of fused-ring (bicyclic) bond motifs is 3. The lowest BCUT2D eigenvalue weighted by atomic mass is 9.96. The predicted octanol–water partition coefficient (Wildman–Crippen LogP) is 3.81. The molecule has 7 heteroatoms. The zero-order chi connectivity index (χ0) is 21.5. The molecular formula is C24H23N3O3S. The molecule has 31 heavy (non-hydrogen) atoms. The van der Waals surface area contributed by atoms with Gasteiger partial charge in [0.1, 0.15) is 10.4 Å². The number of benzene rings is 2. The van der Waals surface area contributed by atoms with E-state index in [1.54, 1.807) is 7.11 Å². The summed E-state index contributed by atoms with van der Waals surface area (Å²) in [5, 5.41) is 3.80. The van der Waals surface area contributed by atoms with Crippen molar-refractivity contribution in [2.75, 3.05) is 40.3 Å². The molecule has 1 N–H and O–H groups in total. The number of thiophene rings is 1. The van der Waals surface area contributed by atoms with Gasteiger partial charge in [-0.05, 0) is 48.3 Å². The van der Waals surface area contributed by atoms with E-state index in [0.717, 1.165) is 59.3 Å². The van der Waals surface area contributed by atoms with Crippen molar-refractivity contribution in [3.8, 4) is 16.9 Å². The number of carbonyl (C=O) groups excluding carboxylic acids is 1. The van der Waals surface area contributed by atoms with Crippen LogP contribution in [0, 0.1) is 0 Å². The Bertz CT molecular complexity index is 1330. The van der Waals surface area contributed by atoms with Crippen LogP contribution in [0.15, 0.2) is 52.6 Å². The summed E-state index contributed by atoms with van der Waals surface area (Å²) in [4.78, 5) is 32.5. The molecule has 0 bridgehead atoms. The van der Waals surface area contributed by atoms with E-state index in [1.165, 1.54) is 11.3 Å². The van der Waals surface area contributed by atoms with Crippen molar-refractivity contribution in [3.05, 3.63) is 63.8 Å². The molecule has 2 aromatic carbocycles. The highest BCUT2D eigenvalue weighted by atomic mass is 32.1. The van der Waals surface area contributed by atoms with E-state index in [0.29, 0.717) is 10.3 Å². The lowest BCUT2D eigenvalue weighted by Crippen LogP contribution is -2.47. The van der Waals surface area contributed by atoms with E-state index < -0.39 is 0 Å². The number of carbonyl (C=O) groups is 1. The largest absolute Gasteiger partial charge is 0.496 e. The van der Waals surface area contributed by atoms with Crippen LogP contribution in [0.2, 0.25) is 0 Å². The number of hydrogen-bond donors (Lipinski definition) is 1. The molecule has 6 nitrogen and oxygen atoms in total. The molecule has 1 saturated heterocycles. The Morgan fingerprint density at radius 2 is 1.77 bits per heavy atom. The minimum absolute atomic E-state index is 0.0640. The number of pyridine rings is 1. The van der Waals surface area contributed by atoms with Crippen LogP contribution in [-0.2, 0) is 0 Å². The lowest BCUT2D eigenvalue weighted by molar-refractivity contribution is 0.0664. The van der Waals surface area contributed by atoms with Crippen molar-refractivity contribution in [2.24, 2.45) is 0 Å². The monoisotopic (exact) mass is 433 g/mol. The van der Waals surface area contributed by atoms with Gasteiger partial charge < -0.3 is 19.5 Å². The molecule has 3 heterocycles. The quantitative estimate of drug-likeness (QED) is 0.534. The highest BCUT2D eigenvalue weighted by molar-refractivity contribution is 7.17. The van der Waals surface area contributed by atoms with Gasteiger partial charge in [0.15, 0.2) is 0 Å². The van der Waals surface area contributed by atoms with E-state index >= 15 is 0 Å². The molecular weight excluding hydrogens is 410 g/mol. The van der Waals surface area contributed by atoms with Crippen LogP contribution in [0.25, 0.3) is 32.1 Å². The van der Waals surface area contributed by atoms with Crippen LogP contribution in [0.1, 0.15) is 10.4 Å². The van der Waals surface area contributed by atoms with Crippen LogP contribution in [0.3, 0.4) is 0 Å². The fourth-order valence-electron chi connectivity index (χ4n) is 4.26. The Morgan fingerprint density at radius 3 is 2.48 bits per heavy atom. The number of piperazine rings is 1. The van der Waals surface area contributed by atoms with Crippen LogP contribution in [0.5, 0.6) is 5.75 Å². The Balaban J connectivity index is 1.60. The van der Waals surface area contributed by atoms with E-state index in [9.17, 15) is 9.59 Å². The normalized spacial score (nSPS) is 15.0. The van der Waals surface area contributed by atoms with E-state index in [1.807, 2.05) is 52.7 Å². The molecule has 1 amide bonds. The summed E-state index contributed by atoms with van der Waals surface area (Å²) in [7, 11) is 3.72. The number of aromatic amines is 1. The maximum absolute atomic E-state index is 12.9. The molecule has 1 fully saturated rings. The fourth-order valence-corrected chi connectivity index (χ4v) is 5.05. The van der Waals surface area contributed by atoms with E-state index in [4.69, 9.17) is 4.74 Å². The summed E-state index contributed by atoms with van der Waals surface area (Å²) in [6.07, 6.45) is 0. The average Bonchev–Trinajstić information content (AvgIpc) is 3.29. The van der Waals surface area contributed by atoms with Gasteiger partial charge >= 0.3 is 0 Å². The number of methoxy groups -OCH3 is 1. The summed E-state index contributed by atoms with van der Waals surface area (Å²) in [6.45, 7) is 3.28. The smallest absolute Gasteiger partial charge is 0.266 e. The van der Waals surface area contributed by atoms with Gasteiger partial charge in [0, 0.05) is 53.6 Å². The number of rotatable bonds is 3. The highest BCUT2D eigenvalue weighted by Gasteiger charge is 2.21. The molecule has 0 saturated carbocycles. The van der Waals surface area contributed by atoms with Gasteiger partial charge in [-0.25, -0.2) is 0 Å². The van der Waals surface area contributed by atoms with Crippen molar-refractivity contribution in [3.63, 3.8) is 0 Å². The Kier molecular flexibility index (Phi) is 5.00. The van der Waals surface area contributed by atoms with Gasteiger partial charge in [-0.15, -0.1) is 11.3 Å². The van der Waals surface area contributed by atoms with Gasteiger partial charge in [0.2, 0.25) is 0 Å². The molecule has 1 aliphatic heterocycles. The number of likely N-dealkylation sites (N-methyl/N-ethyl adjacent to an activating group) is 1. The molecule has 0 unspecified atom stereocenters. The highest BCUT2D eigenvalue weighted by Crippen LogP contribution is 2.40. The minimum atomic E-state index is -0.0817. The summed E-state index contributed by atoms with van der Waals surface area (Å²) in [6, 6.07) is 13.4. The molecule has 0 spiro atoms. The molecule has 0 aliphatic carbocycles. The number of ether oxygens (including phenoxy) is 1. The maximum Gasteiger partial charge on any atom is 0.266 e. The Hall–Kier alpha value is -3.16. The molecule has 2 aromatic heterocycles. The van der Waals surface area contributed by atoms with Gasteiger partial charge in [-0.2, -0.15) is 0 Å². The van der Waals surface area contributed by atoms with Crippen molar-refractivity contribution in [1.82, 2.24) is 14.8 Å². The zero-order valence-electron chi connectivity index (χ0n) is 17.5. The second-order valence-electron chi connectivity index (χ2n) is 7.86. The second kappa shape index (κ2) is 7.83. The van der Waals surface area contributed by atoms with Crippen LogP contribution < -0.4 is 10.3 Å². The first kappa shape index (κ1) is 19.8. The second-order valence-corrected chi connectivity index (χ2v) is 8.77. The SMILES string of the molecule is COc1ccc2[nH]c(=O)c3sccc3c2c1-c1ccc(C(=O)N2CCN(C)CC2)cc1. The molecule has 158 valence electrons. The summed E-state index contributed by atoms with van der Waals surface area (Å²) < 4.78 is 6.38.